The third-order valence-corrected chi connectivity index (χ3v) is 3.31. The van der Waals surface area contributed by atoms with Gasteiger partial charge in [0.1, 0.15) is 0 Å². The molecule has 0 saturated heterocycles. The summed E-state index contributed by atoms with van der Waals surface area (Å²) >= 11 is 4.64. The number of hydrogen-bond donors (Lipinski definition) is 2. The first-order chi connectivity index (χ1) is 10.1. The summed E-state index contributed by atoms with van der Waals surface area (Å²) in [6.07, 6.45) is 1.89. The zero-order chi connectivity index (χ0) is 15.2. The van der Waals surface area contributed by atoms with E-state index >= 15 is 0 Å². The largest absolute Gasteiger partial charge is 0.370 e. The van der Waals surface area contributed by atoms with E-state index in [9.17, 15) is 4.79 Å². The molecule has 0 fully saturated rings. The lowest BCUT2D eigenvalue weighted by molar-refractivity contribution is -0.115. The van der Waals surface area contributed by atoms with E-state index in [2.05, 4.69) is 41.5 Å². The quantitative estimate of drug-likeness (QED) is 0.673. The molecule has 1 aromatic heterocycles. The number of carbonyl (C=O) groups excluding carboxylic acids is 1. The zero-order valence-electron chi connectivity index (χ0n) is 11.7. The lowest BCUT2D eigenvalue weighted by atomic mass is 10.1. The Bertz CT molecular complexity index is 753. The van der Waals surface area contributed by atoms with Crippen LogP contribution in [0.15, 0.2) is 65.7 Å². The van der Waals surface area contributed by atoms with Crippen molar-refractivity contribution in [2.24, 2.45) is 5.73 Å². The standard InChI is InChI=1S/C15H11NS.C2H5NO/c17-15-12-8-4-5-9-14(12)16-10-13(15)11-6-2-1-3-7-11;1-2(3)4/h1-10H,(H,16,17);1H3,(H2,3,4). The Balaban J connectivity index is 0.000000361. The SMILES string of the molecule is CC(N)=O.Sc1c(-c2ccccc2)cnc2ccccc12. The smallest absolute Gasteiger partial charge is 0.214 e. The van der Waals surface area contributed by atoms with Gasteiger partial charge in [0.15, 0.2) is 0 Å². The van der Waals surface area contributed by atoms with E-state index in [1.807, 2.05) is 42.6 Å². The Morgan fingerprint density at radius 1 is 1.05 bits per heavy atom. The van der Waals surface area contributed by atoms with Gasteiger partial charge in [-0.25, -0.2) is 0 Å². The van der Waals surface area contributed by atoms with Gasteiger partial charge in [0.25, 0.3) is 0 Å². The van der Waals surface area contributed by atoms with Gasteiger partial charge in [0.2, 0.25) is 5.91 Å². The maximum atomic E-state index is 9.22. The average molecular weight is 296 g/mol. The predicted molar refractivity (Wildman–Crippen MR) is 89.3 cm³/mol. The summed E-state index contributed by atoms with van der Waals surface area (Å²) in [4.78, 5) is 14.7. The first-order valence-corrected chi connectivity index (χ1v) is 6.92. The van der Waals surface area contributed by atoms with E-state index in [1.165, 1.54) is 6.92 Å². The van der Waals surface area contributed by atoms with Gasteiger partial charge in [-0.05, 0) is 11.6 Å². The van der Waals surface area contributed by atoms with Gasteiger partial charge in [-0.15, -0.1) is 12.6 Å². The molecule has 3 aromatic rings. The Hall–Kier alpha value is -2.33. The molecule has 21 heavy (non-hydrogen) atoms. The number of pyridine rings is 1. The number of aromatic nitrogens is 1. The molecule has 0 unspecified atom stereocenters. The number of para-hydroxylation sites is 1. The maximum Gasteiger partial charge on any atom is 0.214 e. The predicted octanol–water partition coefficient (Wildman–Crippen LogP) is 3.68. The second-order valence-corrected chi connectivity index (χ2v) is 4.96. The Morgan fingerprint density at radius 3 is 2.29 bits per heavy atom. The van der Waals surface area contributed by atoms with Gasteiger partial charge in [-0.2, -0.15) is 0 Å². The first kappa shape index (κ1) is 15.1. The molecule has 0 aliphatic rings. The van der Waals surface area contributed by atoms with Crippen LogP contribution in [-0.2, 0) is 4.79 Å². The molecule has 3 rings (SSSR count). The highest BCUT2D eigenvalue weighted by molar-refractivity contribution is 7.80. The third kappa shape index (κ3) is 3.83. The lowest BCUT2D eigenvalue weighted by Gasteiger charge is -2.07. The number of hydrogen-bond acceptors (Lipinski definition) is 3. The number of amides is 1. The van der Waals surface area contributed by atoms with E-state index in [0.29, 0.717) is 0 Å². The van der Waals surface area contributed by atoms with Gasteiger partial charge in [-0.1, -0.05) is 48.5 Å². The van der Waals surface area contributed by atoms with Crippen LogP contribution in [0.1, 0.15) is 6.92 Å². The van der Waals surface area contributed by atoms with Crippen LogP contribution < -0.4 is 5.73 Å². The summed E-state index contributed by atoms with van der Waals surface area (Å²) in [5.74, 6) is -0.333. The summed E-state index contributed by atoms with van der Waals surface area (Å²) < 4.78 is 0. The highest BCUT2D eigenvalue weighted by Crippen LogP contribution is 2.31. The molecule has 3 nitrogen and oxygen atoms in total. The van der Waals surface area contributed by atoms with Crippen LogP contribution in [0.25, 0.3) is 22.0 Å². The molecule has 2 N–H and O–H groups in total. The highest BCUT2D eigenvalue weighted by atomic mass is 32.1. The average Bonchev–Trinajstić information content (AvgIpc) is 2.48. The second kappa shape index (κ2) is 6.90. The summed E-state index contributed by atoms with van der Waals surface area (Å²) in [6.45, 7) is 1.31. The minimum absolute atomic E-state index is 0.333. The van der Waals surface area contributed by atoms with Crippen molar-refractivity contribution in [3.8, 4) is 11.1 Å². The fraction of sp³-hybridized carbons (Fsp3) is 0.0588. The number of carbonyl (C=O) groups is 1. The molecule has 4 heteroatoms. The van der Waals surface area contributed by atoms with Gasteiger partial charge >= 0.3 is 0 Å². The number of nitrogens with two attached hydrogens (primary N) is 1. The fourth-order valence-corrected chi connectivity index (χ4v) is 2.33. The van der Waals surface area contributed by atoms with Crippen molar-refractivity contribution >= 4 is 29.4 Å². The summed E-state index contributed by atoms with van der Waals surface area (Å²) in [5.41, 5.74) is 7.68. The zero-order valence-corrected chi connectivity index (χ0v) is 12.5. The molecular weight excluding hydrogens is 280 g/mol. The van der Waals surface area contributed by atoms with Crippen LogP contribution >= 0.6 is 12.6 Å². The highest BCUT2D eigenvalue weighted by Gasteiger charge is 2.06. The van der Waals surface area contributed by atoms with Crippen molar-refractivity contribution in [3.05, 3.63) is 60.8 Å². The Morgan fingerprint density at radius 2 is 1.62 bits per heavy atom. The van der Waals surface area contributed by atoms with Crippen LogP contribution in [0.4, 0.5) is 0 Å². The molecule has 0 spiro atoms. The van der Waals surface area contributed by atoms with Crippen molar-refractivity contribution in [3.63, 3.8) is 0 Å². The van der Waals surface area contributed by atoms with E-state index in [-0.39, 0.29) is 5.91 Å². The van der Waals surface area contributed by atoms with E-state index in [1.54, 1.807) is 0 Å². The van der Waals surface area contributed by atoms with Crippen molar-refractivity contribution in [2.75, 3.05) is 0 Å². The van der Waals surface area contributed by atoms with Crippen molar-refractivity contribution < 1.29 is 4.79 Å². The summed E-state index contributed by atoms with van der Waals surface area (Å²) in [5, 5.41) is 1.09. The second-order valence-electron chi connectivity index (χ2n) is 4.51. The van der Waals surface area contributed by atoms with Gasteiger partial charge in [0.05, 0.1) is 5.52 Å². The normalized spacial score (nSPS) is 9.81. The molecule has 0 saturated carbocycles. The van der Waals surface area contributed by atoms with Crippen LogP contribution in [0.2, 0.25) is 0 Å². The van der Waals surface area contributed by atoms with Crippen molar-refractivity contribution in [2.45, 2.75) is 11.8 Å². The molecule has 2 aromatic carbocycles. The van der Waals surface area contributed by atoms with E-state index in [0.717, 1.165) is 26.9 Å². The number of primary amides is 1. The summed E-state index contributed by atoms with van der Waals surface area (Å²) in [6, 6.07) is 18.3. The Kier molecular flexibility index (Phi) is 4.95. The number of fused-ring (bicyclic) bond motifs is 1. The van der Waals surface area contributed by atoms with E-state index in [4.69, 9.17) is 0 Å². The molecule has 0 atom stereocenters. The molecular formula is C17H16N2OS. The molecule has 0 radical (unpaired) electrons. The topological polar surface area (TPSA) is 56.0 Å². The minimum atomic E-state index is -0.333. The number of thiol groups is 1. The Labute approximate surface area is 129 Å². The third-order valence-electron chi connectivity index (χ3n) is 2.83. The lowest BCUT2D eigenvalue weighted by Crippen LogP contribution is -2.01. The van der Waals surface area contributed by atoms with Crippen LogP contribution in [0, 0.1) is 0 Å². The fourth-order valence-electron chi connectivity index (χ4n) is 1.96. The van der Waals surface area contributed by atoms with Gasteiger partial charge in [-0.3, -0.25) is 9.78 Å². The van der Waals surface area contributed by atoms with Gasteiger partial charge in [0, 0.05) is 29.0 Å². The number of rotatable bonds is 1. The molecule has 0 bridgehead atoms. The molecule has 0 aliphatic carbocycles. The van der Waals surface area contributed by atoms with Crippen molar-refractivity contribution in [1.82, 2.24) is 4.98 Å². The van der Waals surface area contributed by atoms with Crippen molar-refractivity contribution in [1.29, 1.82) is 0 Å². The first-order valence-electron chi connectivity index (χ1n) is 6.47. The summed E-state index contributed by atoms with van der Waals surface area (Å²) in [7, 11) is 0. The van der Waals surface area contributed by atoms with Crippen LogP contribution in [0.3, 0.4) is 0 Å². The molecule has 0 aliphatic heterocycles. The molecule has 1 amide bonds. The van der Waals surface area contributed by atoms with E-state index < -0.39 is 0 Å². The molecule has 1 heterocycles. The molecule has 106 valence electrons. The monoisotopic (exact) mass is 296 g/mol. The van der Waals surface area contributed by atoms with Crippen LogP contribution in [0.5, 0.6) is 0 Å². The minimum Gasteiger partial charge on any atom is -0.370 e. The number of nitrogens with zero attached hydrogens (tertiary/aromatic N) is 1. The maximum absolute atomic E-state index is 9.22. The van der Waals surface area contributed by atoms with Crippen LogP contribution in [-0.4, -0.2) is 10.9 Å². The number of benzene rings is 2. The van der Waals surface area contributed by atoms with Gasteiger partial charge < -0.3 is 5.73 Å².